The van der Waals surface area contributed by atoms with Gasteiger partial charge in [0.25, 0.3) is 0 Å². The largest absolute Gasteiger partial charge is 0.195 e. The zero-order chi connectivity index (χ0) is 16.9. The molecule has 3 fully saturated rings. The molecule has 1 aromatic rings. The van der Waals surface area contributed by atoms with Crippen molar-refractivity contribution >= 4 is 23.1 Å². The van der Waals surface area contributed by atoms with Crippen LogP contribution in [0.4, 0.5) is 5.69 Å². The molecule has 2 bridgehead atoms. The van der Waals surface area contributed by atoms with Crippen LogP contribution in [-0.2, 0) is 5.41 Å². The fourth-order valence-electron chi connectivity index (χ4n) is 5.12. The van der Waals surface area contributed by atoms with E-state index in [9.17, 15) is 0 Å². The van der Waals surface area contributed by atoms with Gasteiger partial charge in [0, 0.05) is 0 Å². The third-order valence-electron chi connectivity index (χ3n) is 6.87. The van der Waals surface area contributed by atoms with Crippen molar-refractivity contribution in [3.8, 4) is 0 Å². The molecule has 3 aliphatic carbocycles. The minimum atomic E-state index is 0.448. The number of nitrogens with zero attached hydrogens (tertiary/aromatic N) is 1. The minimum absolute atomic E-state index is 0.448. The average Bonchev–Trinajstić information content (AvgIpc) is 2.64. The summed E-state index contributed by atoms with van der Waals surface area (Å²) in [4.78, 5) is 4.08. The monoisotopic (exact) mass is 341 g/mol. The lowest BCUT2D eigenvalue weighted by Crippen LogP contribution is -2.44. The van der Waals surface area contributed by atoms with E-state index in [1.807, 2.05) is 0 Å². The summed E-state index contributed by atoms with van der Waals surface area (Å²) in [5.74, 6) is 0. The Hall–Kier alpha value is -0.980. The van der Waals surface area contributed by atoms with Gasteiger partial charge in [0.2, 0.25) is 0 Å². The highest BCUT2D eigenvalue weighted by atomic mass is 32.1. The van der Waals surface area contributed by atoms with Gasteiger partial charge in [0.15, 0.2) is 0 Å². The molecular formula is C22H31NS. The van der Waals surface area contributed by atoms with E-state index in [0.29, 0.717) is 10.8 Å². The lowest BCUT2D eigenvalue weighted by atomic mass is 9.51. The van der Waals surface area contributed by atoms with Gasteiger partial charge in [-0.25, -0.2) is 0 Å². The predicted octanol–water partition coefficient (Wildman–Crippen LogP) is 7.37. The van der Waals surface area contributed by atoms with Crippen molar-refractivity contribution in [2.24, 2.45) is 10.4 Å². The van der Waals surface area contributed by atoms with Crippen molar-refractivity contribution < 1.29 is 0 Å². The summed E-state index contributed by atoms with van der Waals surface area (Å²) < 4.78 is 0. The van der Waals surface area contributed by atoms with Gasteiger partial charge in [0.05, 0.1) is 10.8 Å². The van der Waals surface area contributed by atoms with Crippen LogP contribution in [0.3, 0.4) is 0 Å². The zero-order valence-corrected chi connectivity index (χ0v) is 16.0. The average molecular weight is 342 g/mol. The van der Waals surface area contributed by atoms with Crippen LogP contribution in [0.5, 0.6) is 0 Å². The summed E-state index contributed by atoms with van der Waals surface area (Å²) in [5, 5.41) is 2.46. The van der Waals surface area contributed by atoms with Crippen molar-refractivity contribution in [1.29, 1.82) is 0 Å². The van der Waals surface area contributed by atoms with Gasteiger partial charge in [-0.05, 0) is 85.7 Å². The van der Waals surface area contributed by atoms with Crippen LogP contribution in [-0.4, -0.2) is 5.16 Å². The maximum atomic E-state index is 4.70. The third-order valence-corrected chi connectivity index (χ3v) is 6.96. The highest BCUT2D eigenvalue weighted by Crippen LogP contribution is 2.59. The van der Waals surface area contributed by atoms with Crippen LogP contribution < -0.4 is 0 Å². The molecule has 24 heavy (non-hydrogen) atoms. The number of fused-ring (bicyclic) bond motifs is 3. The zero-order valence-electron chi connectivity index (χ0n) is 15.2. The van der Waals surface area contributed by atoms with Crippen LogP contribution in [0, 0.1) is 5.41 Å². The standard InChI is InChI=1S/C22H31NS/c1-2-3-4-5-6-11-21-12-15-22(16-13-21,17-14-21)19-7-9-20(10-8-19)23-18-24/h7-10H,2-6,11-17H2,1H3. The van der Waals surface area contributed by atoms with E-state index in [2.05, 4.69) is 41.3 Å². The van der Waals surface area contributed by atoms with Gasteiger partial charge in [0.1, 0.15) is 0 Å². The summed E-state index contributed by atoms with van der Waals surface area (Å²) in [6.45, 7) is 2.30. The van der Waals surface area contributed by atoms with Gasteiger partial charge in [-0.3, -0.25) is 0 Å². The molecule has 130 valence electrons. The van der Waals surface area contributed by atoms with Gasteiger partial charge >= 0.3 is 0 Å². The Bertz CT molecular complexity index is 558. The van der Waals surface area contributed by atoms with E-state index in [1.165, 1.54) is 82.6 Å². The van der Waals surface area contributed by atoms with Gasteiger partial charge < -0.3 is 0 Å². The molecule has 0 aromatic heterocycles. The van der Waals surface area contributed by atoms with E-state index in [1.54, 1.807) is 0 Å². The molecule has 2 heteroatoms. The molecule has 0 heterocycles. The number of thiocarbonyl (C=S) groups is 1. The number of isothiocyanates is 1. The molecule has 3 saturated carbocycles. The summed E-state index contributed by atoms with van der Waals surface area (Å²) in [7, 11) is 0. The smallest absolute Gasteiger partial charge is 0.0739 e. The highest BCUT2D eigenvalue weighted by Gasteiger charge is 2.48. The van der Waals surface area contributed by atoms with Crippen LogP contribution in [0.15, 0.2) is 29.3 Å². The predicted molar refractivity (Wildman–Crippen MR) is 106 cm³/mol. The van der Waals surface area contributed by atoms with Crippen molar-refractivity contribution in [3.63, 3.8) is 0 Å². The van der Waals surface area contributed by atoms with Gasteiger partial charge in [-0.2, -0.15) is 4.99 Å². The summed E-state index contributed by atoms with van der Waals surface area (Å²) in [6, 6.07) is 8.78. The first kappa shape index (κ1) is 17.8. The molecule has 0 radical (unpaired) electrons. The summed E-state index contributed by atoms with van der Waals surface area (Å²) in [6.07, 6.45) is 17.1. The first-order valence-electron chi connectivity index (χ1n) is 9.90. The fourth-order valence-corrected chi connectivity index (χ4v) is 5.22. The number of rotatable bonds is 8. The van der Waals surface area contributed by atoms with Crippen molar-refractivity contribution in [3.05, 3.63) is 29.8 Å². The molecule has 0 atom stereocenters. The lowest BCUT2D eigenvalue weighted by molar-refractivity contribution is 0.0304. The molecule has 3 aliphatic rings. The topological polar surface area (TPSA) is 12.4 Å². The number of hydrogen-bond acceptors (Lipinski definition) is 2. The van der Waals surface area contributed by atoms with Crippen LogP contribution in [0.25, 0.3) is 0 Å². The molecule has 0 saturated heterocycles. The van der Waals surface area contributed by atoms with E-state index in [4.69, 9.17) is 12.2 Å². The molecule has 0 amide bonds. The second-order valence-electron chi connectivity index (χ2n) is 8.19. The van der Waals surface area contributed by atoms with Crippen molar-refractivity contribution in [2.45, 2.75) is 89.4 Å². The highest BCUT2D eigenvalue weighted by molar-refractivity contribution is 7.78. The maximum Gasteiger partial charge on any atom is 0.0739 e. The Morgan fingerprint density at radius 3 is 2.12 bits per heavy atom. The van der Waals surface area contributed by atoms with Crippen LogP contribution in [0.2, 0.25) is 0 Å². The first-order chi connectivity index (χ1) is 11.7. The second-order valence-corrected chi connectivity index (χ2v) is 8.38. The number of aliphatic imine (C=N–C) groups is 1. The van der Waals surface area contributed by atoms with Crippen LogP contribution >= 0.6 is 12.2 Å². The van der Waals surface area contributed by atoms with Crippen LogP contribution in [0.1, 0.15) is 89.5 Å². The van der Waals surface area contributed by atoms with E-state index < -0.39 is 0 Å². The molecule has 1 aromatic carbocycles. The molecule has 0 unspecified atom stereocenters. The Balaban J connectivity index is 1.58. The van der Waals surface area contributed by atoms with Gasteiger partial charge in [-0.15, -0.1) is 0 Å². The lowest BCUT2D eigenvalue weighted by Gasteiger charge is -2.54. The maximum absolute atomic E-state index is 4.70. The normalized spacial score (nSPS) is 28.5. The molecule has 0 aliphatic heterocycles. The SMILES string of the molecule is CCCCCCCC12CCC(c3ccc(N=C=S)cc3)(CC1)CC2. The second kappa shape index (κ2) is 7.93. The Kier molecular flexibility index (Phi) is 5.89. The summed E-state index contributed by atoms with van der Waals surface area (Å²) in [5.41, 5.74) is 3.60. The fraction of sp³-hybridized carbons (Fsp3) is 0.682. The van der Waals surface area contributed by atoms with Gasteiger partial charge in [-0.1, -0.05) is 51.2 Å². The molecule has 0 spiro atoms. The number of hydrogen-bond donors (Lipinski definition) is 0. The molecule has 4 rings (SSSR count). The van der Waals surface area contributed by atoms with E-state index in [-0.39, 0.29) is 0 Å². The Morgan fingerprint density at radius 2 is 1.54 bits per heavy atom. The Labute approximate surface area is 153 Å². The molecule has 0 N–H and O–H groups in total. The van der Waals surface area contributed by atoms with Crippen molar-refractivity contribution in [1.82, 2.24) is 0 Å². The minimum Gasteiger partial charge on any atom is -0.195 e. The Morgan fingerprint density at radius 1 is 0.917 bits per heavy atom. The quantitative estimate of drug-likeness (QED) is 0.273. The number of benzene rings is 1. The van der Waals surface area contributed by atoms with Crippen molar-refractivity contribution in [2.75, 3.05) is 0 Å². The first-order valence-corrected chi connectivity index (χ1v) is 10.3. The van der Waals surface area contributed by atoms with E-state index >= 15 is 0 Å². The summed E-state index contributed by atoms with van der Waals surface area (Å²) >= 11 is 4.70. The molecule has 1 nitrogen and oxygen atoms in total. The van der Waals surface area contributed by atoms with E-state index in [0.717, 1.165) is 5.69 Å². The number of unbranched alkanes of at least 4 members (excludes halogenated alkanes) is 4. The third kappa shape index (κ3) is 3.81. The molecular weight excluding hydrogens is 310 g/mol.